The van der Waals surface area contributed by atoms with Crippen LogP contribution in [0.25, 0.3) is 5.78 Å². The van der Waals surface area contributed by atoms with Crippen LogP contribution in [-0.2, 0) is 11.2 Å². The fourth-order valence-electron chi connectivity index (χ4n) is 2.82. The van der Waals surface area contributed by atoms with Crippen molar-refractivity contribution in [2.75, 3.05) is 12.4 Å². The molecule has 3 aromatic heterocycles. The Kier molecular flexibility index (Phi) is 5.22. The first-order chi connectivity index (χ1) is 12.8. The Morgan fingerprint density at radius 1 is 1.30 bits per heavy atom. The molecule has 9 heteroatoms. The summed E-state index contributed by atoms with van der Waals surface area (Å²) in [5, 5.41) is 9.26. The third kappa shape index (κ3) is 3.82. The van der Waals surface area contributed by atoms with Crippen LogP contribution >= 0.6 is 11.3 Å². The number of amides is 1. The summed E-state index contributed by atoms with van der Waals surface area (Å²) >= 11 is 1.29. The number of carbonyl (C=O) groups is 2. The number of hydrogen-bond donors (Lipinski definition) is 1. The highest BCUT2D eigenvalue weighted by Crippen LogP contribution is 2.31. The molecule has 0 unspecified atom stereocenters. The van der Waals surface area contributed by atoms with E-state index in [0.29, 0.717) is 28.7 Å². The summed E-state index contributed by atoms with van der Waals surface area (Å²) in [6.07, 6.45) is 0.714. The fraction of sp³-hybridized carbons (Fsp3) is 0.389. The van der Waals surface area contributed by atoms with Crippen LogP contribution in [0.5, 0.6) is 0 Å². The number of aromatic nitrogens is 4. The number of anilines is 1. The number of aryl methyl sites for hydroxylation is 2. The zero-order valence-corrected chi connectivity index (χ0v) is 16.7. The number of ether oxygens (including phenoxy) is 1. The van der Waals surface area contributed by atoms with Crippen molar-refractivity contribution in [2.24, 2.45) is 5.92 Å². The Balaban J connectivity index is 1.93. The fourth-order valence-corrected chi connectivity index (χ4v) is 3.78. The summed E-state index contributed by atoms with van der Waals surface area (Å²) in [5.74, 6) is -0.258. The lowest BCUT2D eigenvalue weighted by Crippen LogP contribution is -2.16. The molecular formula is C18H21N5O3S. The van der Waals surface area contributed by atoms with Crippen LogP contribution in [0, 0.1) is 19.8 Å². The maximum atomic E-state index is 12.7. The van der Waals surface area contributed by atoms with Gasteiger partial charge < -0.3 is 10.1 Å². The molecule has 1 N–H and O–H groups in total. The van der Waals surface area contributed by atoms with Gasteiger partial charge in [0.25, 0.3) is 11.7 Å². The lowest BCUT2D eigenvalue weighted by Gasteiger charge is -2.08. The van der Waals surface area contributed by atoms with Crippen LogP contribution in [0.4, 0.5) is 5.00 Å². The SMILES string of the molecule is COC(=O)c1c(CC(C)C)csc1NC(=O)c1nc2nc(C)cc(C)n2n1. The molecule has 0 aliphatic rings. The number of esters is 1. The van der Waals surface area contributed by atoms with Crippen molar-refractivity contribution in [1.29, 1.82) is 0 Å². The van der Waals surface area contributed by atoms with Gasteiger partial charge in [-0.3, -0.25) is 4.79 Å². The van der Waals surface area contributed by atoms with E-state index in [0.717, 1.165) is 17.0 Å². The molecule has 0 radical (unpaired) electrons. The van der Waals surface area contributed by atoms with Gasteiger partial charge in [0.05, 0.1) is 12.7 Å². The minimum Gasteiger partial charge on any atom is -0.465 e. The molecule has 0 aliphatic heterocycles. The summed E-state index contributed by atoms with van der Waals surface area (Å²) in [6, 6.07) is 1.86. The molecule has 8 nitrogen and oxygen atoms in total. The number of fused-ring (bicyclic) bond motifs is 1. The lowest BCUT2D eigenvalue weighted by atomic mass is 10.0. The number of nitrogens with zero attached hydrogens (tertiary/aromatic N) is 4. The normalized spacial score (nSPS) is 11.2. The second-order valence-electron chi connectivity index (χ2n) is 6.69. The molecule has 0 bridgehead atoms. The van der Waals surface area contributed by atoms with E-state index in [9.17, 15) is 9.59 Å². The van der Waals surface area contributed by atoms with E-state index in [4.69, 9.17) is 4.74 Å². The molecule has 3 rings (SSSR count). The van der Waals surface area contributed by atoms with E-state index < -0.39 is 11.9 Å². The number of rotatable bonds is 5. The van der Waals surface area contributed by atoms with Gasteiger partial charge in [-0.25, -0.2) is 14.3 Å². The quantitative estimate of drug-likeness (QED) is 0.676. The predicted octanol–water partition coefficient (Wildman–Crippen LogP) is 3.04. The first-order valence-corrected chi connectivity index (χ1v) is 9.39. The van der Waals surface area contributed by atoms with Crippen molar-refractivity contribution in [3.63, 3.8) is 0 Å². The van der Waals surface area contributed by atoms with E-state index in [2.05, 4.69) is 34.2 Å². The minimum atomic E-state index is -0.499. The van der Waals surface area contributed by atoms with Crippen molar-refractivity contribution in [1.82, 2.24) is 19.6 Å². The molecular weight excluding hydrogens is 366 g/mol. The molecule has 3 aromatic rings. The van der Waals surface area contributed by atoms with Gasteiger partial charge in [-0.15, -0.1) is 16.4 Å². The van der Waals surface area contributed by atoms with Crippen molar-refractivity contribution in [3.8, 4) is 0 Å². The van der Waals surface area contributed by atoms with Gasteiger partial charge >= 0.3 is 5.97 Å². The number of carbonyl (C=O) groups excluding carboxylic acids is 2. The summed E-state index contributed by atoms with van der Waals surface area (Å²) in [6.45, 7) is 7.85. The van der Waals surface area contributed by atoms with Gasteiger partial charge in [0.1, 0.15) is 5.00 Å². The van der Waals surface area contributed by atoms with E-state index in [1.165, 1.54) is 23.0 Å². The second-order valence-corrected chi connectivity index (χ2v) is 7.57. The summed E-state index contributed by atoms with van der Waals surface area (Å²) in [7, 11) is 1.32. The van der Waals surface area contributed by atoms with Crippen LogP contribution in [0.1, 0.15) is 51.8 Å². The van der Waals surface area contributed by atoms with Crippen molar-refractivity contribution < 1.29 is 14.3 Å². The van der Waals surface area contributed by atoms with Crippen molar-refractivity contribution in [2.45, 2.75) is 34.1 Å². The van der Waals surface area contributed by atoms with E-state index in [-0.39, 0.29) is 5.82 Å². The molecule has 0 saturated carbocycles. The summed E-state index contributed by atoms with van der Waals surface area (Å²) in [5.41, 5.74) is 2.87. The van der Waals surface area contributed by atoms with Crippen LogP contribution in [-0.4, -0.2) is 38.6 Å². The minimum absolute atomic E-state index is 0.00850. The number of thiophene rings is 1. The standard InChI is InChI=1S/C18H21N5O3S/c1-9(2)6-12-8-27-16(13(12)17(25)26-5)21-15(24)14-20-18-19-10(3)7-11(4)23(18)22-14/h7-9H,6H2,1-5H3,(H,21,24). The van der Waals surface area contributed by atoms with Gasteiger partial charge in [0, 0.05) is 11.4 Å². The Labute approximate surface area is 160 Å². The van der Waals surface area contributed by atoms with Crippen LogP contribution in [0.3, 0.4) is 0 Å². The van der Waals surface area contributed by atoms with E-state index in [1.54, 1.807) is 0 Å². The highest BCUT2D eigenvalue weighted by Gasteiger charge is 2.23. The molecule has 3 heterocycles. The molecule has 0 aliphatic carbocycles. The molecule has 27 heavy (non-hydrogen) atoms. The maximum Gasteiger partial charge on any atom is 0.341 e. The molecule has 0 fully saturated rings. The van der Waals surface area contributed by atoms with Crippen LogP contribution in [0.15, 0.2) is 11.4 Å². The Hall–Kier alpha value is -2.81. The monoisotopic (exact) mass is 387 g/mol. The highest BCUT2D eigenvalue weighted by atomic mass is 32.1. The highest BCUT2D eigenvalue weighted by molar-refractivity contribution is 7.15. The van der Waals surface area contributed by atoms with Gasteiger partial charge in [0.2, 0.25) is 5.82 Å². The average molecular weight is 387 g/mol. The third-order valence-electron chi connectivity index (χ3n) is 3.93. The number of methoxy groups -OCH3 is 1. The van der Waals surface area contributed by atoms with Crippen LogP contribution in [0.2, 0.25) is 0 Å². The Morgan fingerprint density at radius 3 is 2.70 bits per heavy atom. The second kappa shape index (κ2) is 7.43. The maximum absolute atomic E-state index is 12.7. The molecule has 0 atom stereocenters. The summed E-state index contributed by atoms with van der Waals surface area (Å²) < 4.78 is 6.41. The smallest absolute Gasteiger partial charge is 0.341 e. The number of nitrogens with one attached hydrogen (secondary N) is 1. The lowest BCUT2D eigenvalue weighted by molar-refractivity contribution is 0.0601. The molecule has 0 spiro atoms. The van der Waals surface area contributed by atoms with Gasteiger partial charge in [0.15, 0.2) is 0 Å². The van der Waals surface area contributed by atoms with E-state index in [1.807, 2.05) is 25.3 Å². The van der Waals surface area contributed by atoms with E-state index >= 15 is 0 Å². The Bertz CT molecular complexity index is 1020. The zero-order valence-electron chi connectivity index (χ0n) is 15.9. The molecule has 142 valence electrons. The first-order valence-electron chi connectivity index (χ1n) is 8.51. The zero-order chi connectivity index (χ0) is 19.7. The first kappa shape index (κ1) is 19.0. The topological polar surface area (TPSA) is 98.5 Å². The van der Waals surface area contributed by atoms with Gasteiger partial charge in [-0.2, -0.15) is 4.98 Å². The van der Waals surface area contributed by atoms with Crippen molar-refractivity contribution in [3.05, 3.63) is 39.8 Å². The Morgan fingerprint density at radius 2 is 2.04 bits per heavy atom. The van der Waals surface area contributed by atoms with Gasteiger partial charge in [-0.1, -0.05) is 13.8 Å². The van der Waals surface area contributed by atoms with Crippen molar-refractivity contribution >= 4 is 34.0 Å². The molecule has 0 aromatic carbocycles. The number of hydrogen-bond acceptors (Lipinski definition) is 7. The largest absolute Gasteiger partial charge is 0.465 e. The average Bonchev–Trinajstić information content (AvgIpc) is 3.18. The third-order valence-corrected chi connectivity index (χ3v) is 4.88. The predicted molar refractivity (Wildman–Crippen MR) is 102 cm³/mol. The van der Waals surface area contributed by atoms with Crippen LogP contribution < -0.4 is 5.32 Å². The molecule has 1 amide bonds. The molecule has 0 saturated heterocycles. The summed E-state index contributed by atoms with van der Waals surface area (Å²) in [4.78, 5) is 33.4. The van der Waals surface area contributed by atoms with Gasteiger partial charge in [-0.05, 0) is 43.2 Å².